The Kier molecular flexibility index (Phi) is 19.6. The van der Waals surface area contributed by atoms with Crippen LogP contribution in [0.2, 0.25) is 0 Å². The van der Waals surface area contributed by atoms with Crippen LogP contribution in [0.4, 0.5) is 0 Å². The highest BCUT2D eigenvalue weighted by molar-refractivity contribution is 7.73. The van der Waals surface area contributed by atoms with Gasteiger partial charge in [0.1, 0.15) is 0 Å². The van der Waals surface area contributed by atoms with E-state index in [1.165, 1.54) is 0 Å². The van der Waals surface area contributed by atoms with Crippen LogP contribution in [-0.2, 0) is 22.7 Å². The first-order valence-electron chi connectivity index (χ1n) is 1.00. The Morgan fingerprint density at radius 2 is 0.778 bits per heavy atom. The Balaban J connectivity index is -0.0000000720. The molecule has 0 fully saturated rings. The van der Waals surface area contributed by atoms with E-state index in [1.807, 2.05) is 0 Å². The average molecular weight is 178 g/mol. The maximum atomic E-state index is 8.44. The fourth-order valence-corrected chi connectivity index (χ4v) is 0. The van der Waals surface area contributed by atoms with Crippen LogP contribution >= 0.6 is 0 Å². The molecule has 0 aliphatic heterocycles. The first-order chi connectivity index (χ1) is 3.46. The predicted molar refractivity (Wildman–Crippen MR) is 23.0 cm³/mol. The first-order valence-corrected chi connectivity index (χ1v) is 3.00. The molecule has 0 unspecified atom stereocenters. The Morgan fingerprint density at radius 1 is 0.778 bits per heavy atom. The van der Waals surface area contributed by atoms with Gasteiger partial charge in [-0.15, -0.1) is 22.7 Å². The summed E-state index contributed by atoms with van der Waals surface area (Å²) in [5, 5.41) is 0. The maximum Gasteiger partial charge on any atom is -0.142 e. The Hall–Kier alpha value is 0.1000. The highest BCUT2D eigenvalue weighted by Crippen LogP contribution is 1.43. The van der Waals surface area contributed by atoms with Gasteiger partial charge in [0.05, 0.1) is 0 Å². The van der Waals surface area contributed by atoms with E-state index in [1.54, 1.807) is 0 Å². The molecule has 9 heteroatoms. The van der Waals surface area contributed by atoms with Gasteiger partial charge in [-0.1, -0.05) is 0 Å². The van der Waals surface area contributed by atoms with E-state index in [4.69, 9.17) is 26.6 Å². The van der Waals surface area contributed by atoms with Crippen molar-refractivity contribution in [3.8, 4) is 0 Å². The Morgan fingerprint density at radius 3 is 0.778 bits per heavy atom. The lowest BCUT2D eigenvalue weighted by atomic mass is 15.8. The summed E-state index contributed by atoms with van der Waals surface area (Å²) in [6, 6.07) is 0. The minimum Gasteiger partial charge on any atom is -0.784 e. The molecule has 0 heterocycles. The molecular formula is H2O7S2-4. The number of hydrogen-bond donors (Lipinski definition) is 0. The highest BCUT2D eigenvalue weighted by atomic mass is 32.2. The fourth-order valence-electron chi connectivity index (χ4n) is 0. The van der Waals surface area contributed by atoms with Gasteiger partial charge in [-0.05, 0) is 0 Å². The molecule has 0 rings (SSSR count). The summed E-state index contributed by atoms with van der Waals surface area (Å²) in [4.78, 5) is 0. The molecule has 0 spiro atoms. The second kappa shape index (κ2) is 11.0. The van der Waals surface area contributed by atoms with Gasteiger partial charge >= 0.3 is 0 Å². The molecule has 0 aromatic carbocycles. The van der Waals surface area contributed by atoms with Crippen LogP contribution in [0.3, 0.4) is 0 Å². The van der Waals surface area contributed by atoms with Gasteiger partial charge in [-0.2, -0.15) is 0 Å². The van der Waals surface area contributed by atoms with Gasteiger partial charge in [-0.3, -0.25) is 8.42 Å². The normalized spacial score (nSPS) is 7.78. The van der Waals surface area contributed by atoms with Gasteiger partial charge in [0, 0.05) is 0 Å². The molecule has 0 aromatic heterocycles. The minimum absolute atomic E-state index is 0. The molecule has 0 saturated heterocycles. The second-order valence-corrected chi connectivity index (χ2v) is 1.22. The van der Waals surface area contributed by atoms with Crippen molar-refractivity contribution in [1.29, 1.82) is 0 Å². The van der Waals surface area contributed by atoms with Crippen LogP contribution < -0.4 is 0 Å². The monoisotopic (exact) mass is 178 g/mol. The molecule has 60 valence electrons. The third-order valence-corrected chi connectivity index (χ3v) is 0. The van der Waals surface area contributed by atoms with Crippen molar-refractivity contribution in [1.82, 2.24) is 0 Å². The lowest BCUT2D eigenvalue weighted by Crippen LogP contribution is -1.76. The third-order valence-electron chi connectivity index (χ3n) is 0. The summed E-state index contributed by atoms with van der Waals surface area (Å²) in [7, 11) is 0. The molecule has 0 amide bonds. The molecule has 7 nitrogen and oxygen atoms in total. The zero-order chi connectivity index (χ0) is 7.15. The van der Waals surface area contributed by atoms with Crippen LogP contribution in [0, 0.1) is 0 Å². The first kappa shape index (κ1) is 16.0. The Bertz CT molecular complexity index is 64.9. The van der Waals surface area contributed by atoms with E-state index in [2.05, 4.69) is 0 Å². The van der Waals surface area contributed by atoms with Gasteiger partial charge in [0.2, 0.25) is 0 Å². The van der Waals surface area contributed by atoms with Gasteiger partial charge in [0.25, 0.3) is 0 Å². The summed E-state index contributed by atoms with van der Waals surface area (Å²) in [5.41, 5.74) is 0. The Labute approximate surface area is 55.6 Å². The number of hydrogen-bond acceptors (Lipinski definition) is 6. The topological polar surface area (TPSA) is 158 Å². The molecule has 9 heavy (non-hydrogen) atoms. The molecule has 0 aliphatic carbocycles. The van der Waals surface area contributed by atoms with Crippen molar-refractivity contribution in [2.45, 2.75) is 0 Å². The molecule has 0 radical (unpaired) electrons. The molecular weight excluding hydrogens is 176 g/mol. The zero-order valence-electron chi connectivity index (χ0n) is 3.77. The lowest BCUT2D eigenvalue weighted by molar-refractivity contribution is 0.417. The van der Waals surface area contributed by atoms with Crippen molar-refractivity contribution in [3.05, 3.63) is 0 Å². The summed E-state index contributed by atoms with van der Waals surface area (Å²) >= 11 is -6.22. The van der Waals surface area contributed by atoms with E-state index >= 15 is 0 Å². The average Bonchev–Trinajstić information content (AvgIpc) is 1.25. The SMILES string of the molecule is O.O=S([O-])[O-].O=S([O-])[O-]. The van der Waals surface area contributed by atoms with Gasteiger partial charge < -0.3 is 23.7 Å². The summed E-state index contributed by atoms with van der Waals surface area (Å²) in [6.45, 7) is 0. The second-order valence-electron chi connectivity index (χ2n) is 0.408. The van der Waals surface area contributed by atoms with E-state index in [0.29, 0.717) is 0 Å². The number of rotatable bonds is 0. The summed E-state index contributed by atoms with van der Waals surface area (Å²) in [6.07, 6.45) is 0. The van der Waals surface area contributed by atoms with E-state index in [-0.39, 0.29) is 5.48 Å². The van der Waals surface area contributed by atoms with E-state index < -0.39 is 22.7 Å². The van der Waals surface area contributed by atoms with E-state index in [9.17, 15) is 0 Å². The van der Waals surface area contributed by atoms with Crippen LogP contribution in [-0.4, -0.2) is 32.1 Å². The molecule has 0 atom stereocenters. The minimum atomic E-state index is -3.11. The zero-order valence-corrected chi connectivity index (χ0v) is 5.40. The predicted octanol–water partition coefficient (Wildman–Crippen LogP) is -2.83. The smallest absolute Gasteiger partial charge is 0.142 e. The summed E-state index contributed by atoms with van der Waals surface area (Å²) < 4.78 is 50.7. The van der Waals surface area contributed by atoms with Crippen molar-refractivity contribution < 1.29 is 32.1 Å². The fraction of sp³-hybridized carbons (Fsp3) is 0. The third kappa shape index (κ3) is 30100. The van der Waals surface area contributed by atoms with Crippen molar-refractivity contribution >= 4 is 22.7 Å². The van der Waals surface area contributed by atoms with Crippen LogP contribution in [0.25, 0.3) is 0 Å². The van der Waals surface area contributed by atoms with Crippen molar-refractivity contribution in [2.75, 3.05) is 0 Å². The lowest BCUT2D eigenvalue weighted by Gasteiger charge is -2.03. The summed E-state index contributed by atoms with van der Waals surface area (Å²) in [5.74, 6) is 0. The largest absolute Gasteiger partial charge is 0.784 e. The standard InChI is InChI=1S/2H2O3S.H2O/c2*1-4(2)3;/h2*(H2,1,2,3);1H2/p-4. The van der Waals surface area contributed by atoms with Crippen LogP contribution in [0.15, 0.2) is 0 Å². The molecule has 2 N–H and O–H groups in total. The van der Waals surface area contributed by atoms with Gasteiger partial charge in [-0.25, -0.2) is 0 Å². The van der Waals surface area contributed by atoms with Crippen LogP contribution in [0.5, 0.6) is 0 Å². The van der Waals surface area contributed by atoms with Crippen LogP contribution in [0.1, 0.15) is 0 Å². The highest BCUT2D eigenvalue weighted by Gasteiger charge is 1.21. The molecule has 0 bridgehead atoms. The van der Waals surface area contributed by atoms with Crippen molar-refractivity contribution in [2.24, 2.45) is 0 Å². The molecule has 0 saturated carbocycles. The van der Waals surface area contributed by atoms with Crippen molar-refractivity contribution in [3.63, 3.8) is 0 Å². The van der Waals surface area contributed by atoms with Gasteiger partial charge in [0.15, 0.2) is 0 Å². The molecule has 0 aliphatic rings. The van der Waals surface area contributed by atoms with E-state index in [0.717, 1.165) is 0 Å². The maximum absolute atomic E-state index is 8.44. The molecule has 0 aromatic rings. The quantitative estimate of drug-likeness (QED) is 0.363.